The van der Waals surface area contributed by atoms with Crippen molar-refractivity contribution in [3.8, 4) is 0 Å². The van der Waals surface area contributed by atoms with Crippen LogP contribution in [0.2, 0.25) is 0 Å². The second kappa shape index (κ2) is 21.9. The van der Waals surface area contributed by atoms with Gasteiger partial charge in [-0.25, -0.2) is 0 Å². The van der Waals surface area contributed by atoms with Crippen molar-refractivity contribution in [3.05, 3.63) is 0 Å². The number of hydrogen-bond donors (Lipinski definition) is 4. The smallest absolute Gasteiger partial charge is 0.303 e. The van der Waals surface area contributed by atoms with Crippen molar-refractivity contribution in [1.82, 2.24) is 0 Å². The SMILES string of the molecule is O.O=C(O)CCCCCCCC(=O)O.O=C(O)CCCCCCCC(=O)O. The molecule has 0 saturated carbocycles. The molecule has 0 aromatic carbocycles. The lowest BCUT2D eigenvalue weighted by atomic mass is 10.1. The molecule has 27 heavy (non-hydrogen) atoms. The summed E-state index contributed by atoms with van der Waals surface area (Å²) in [6.45, 7) is 0. The highest BCUT2D eigenvalue weighted by Crippen LogP contribution is 2.07. The minimum absolute atomic E-state index is 0. The van der Waals surface area contributed by atoms with Crippen LogP contribution in [-0.4, -0.2) is 49.8 Å². The zero-order chi connectivity index (χ0) is 20.2. The highest BCUT2D eigenvalue weighted by Gasteiger charge is 1.99. The highest BCUT2D eigenvalue weighted by molar-refractivity contribution is 5.67. The third-order valence-corrected chi connectivity index (χ3v) is 3.56. The Morgan fingerprint density at radius 2 is 0.519 bits per heavy atom. The first-order chi connectivity index (χ1) is 12.3. The third-order valence-electron chi connectivity index (χ3n) is 3.56. The van der Waals surface area contributed by atoms with Crippen molar-refractivity contribution in [2.45, 2.75) is 89.9 Å². The fourth-order valence-corrected chi connectivity index (χ4v) is 2.17. The zero-order valence-electron chi connectivity index (χ0n) is 15.8. The number of carboxylic acid groups (broad SMARTS) is 4. The van der Waals surface area contributed by atoms with Gasteiger partial charge in [-0.05, 0) is 25.7 Å². The van der Waals surface area contributed by atoms with E-state index in [9.17, 15) is 19.2 Å². The predicted molar refractivity (Wildman–Crippen MR) is 98.8 cm³/mol. The van der Waals surface area contributed by atoms with Gasteiger partial charge in [0.1, 0.15) is 0 Å². The Bertz CT molecular complexity index is 334. The van der Waals surface area contributed by atoms with Gasteiger partial charge in [0.05, 0.1) is 0 Å². The summed E-state index contributed by atoms with van der Waals surface area (Å²) in [5.41, 5.74) is 0. The van der Waals surface area contributed by atoms with Crippen LogP contribution in [0, 0.1) is 0 Å². The van der Waals surface area contributed by atoms with Gasteiger partial charge < -0.3 is 25.9 Å². The Morgan fingerprint density at radius 3 is 0.667 bits per heavy atom. The van der Waals surface area contributed by atoms with E-state index in [2.05, 4.69) is 0 Å². The fraction of sp³-hybridized carbons (Fsp3) is 0.778. The minimum atomic E-state index is -0.759. The molecule has 0 aromatic heterocycles. The first-order valence-corrected chi connectivity index (χ1v) is 9.13. The summed E-state index contributed by atoms with van der Waals surface area (Å²) in [6, 6.07) is 0. The van der Waals surface area contributed by atoms with Crippen molar-refractivity contribution in [2.24, 2.45) is 0 Å². The molecule has 0 aromatic rings. The fourth-order valence-electron chi connectivity index (χ4n) is 2.17. The van der Waals surface area contributed by atoms with E-state index in [4.69, 9.17) is 20.4 Å². The molecule has 0 amide bonds. The molecule has 0 aliphatic rings. The predicted octanol–water partition coefficient (Wildman–Crippen LogP) is 2.95. The zero-order valence-corrected chi connectivity index (χ0v) is 15.8. The van der Waals surface area contributed by atoms with Crippen LogP contribution in [0.15, 0.2) is 0 Å². The Morgan fingerprint density at radius 1 is 0.370 bits per heavy atom. The average Bonchev–Trinajstić information content (AvgIpc) is 2.52. The van der Waals surface area contributed by atoms with Gasteiger partial charge in [0, 0.05) is 25.7 Å². The maximum absolute atomic E-state index is 10.1. The van der Waals surface area contributed by atoms with Crippen LogP contribution in [0.5, 0.6) is 0 Å². The molecule has 0 fully saturated rings. The van der Waals surface area contributed by atoms with Crippen molar-refractivity contribution < 1.29 is 45.1 Å². The Balaban J connectivity index is -0.000000411. The lowest BCUT2D eigenvalue weighted by Crippen LogP contribution is -1.95. The van der Waals surface area contributed by atoms with Gasteiger partial charge >= 0.3 is 23.9 Å². The Labute approximate surface area is 159 Å². The van der Waals surface area contributed by atoms with E-state index in [-0.39, 0.29) is 31.2 Å². The maximum Gasteiger partial charge on any atom is 0.303 e. The summed E-state index contributed by atoms with van der Waals surface area (Å²) in [4.78, 5) is 40.4. The summed E-state index contributed by atoms with van der Waals surface area (Å²) in [7, 11) is 0. The van der Waals surface area contributed by atoms with Crippen LogP contribution in [-0.2, 0) is 19.2 Å². The molecule has 0 bridgehead atoms. The Hall–Kier alpha value is -2.16. The van der Waals surface area contributed by atoms with E-state index < -0.39 is 23.9 Å². The maximum atomic E-state index is 10.1. The second-order valence-corrected chi connectivity index (χ2v) is 6.11. The van der Waals surface area contributed by atoms with Gasteiger partial charge in [0.15, 0.2) is 0 Å². The first-order valence-electron chi connectivity index (χ1n) is 9.13. The van der Waals surface area contributed by atoms with Gasteiger partial charge in [0.2, 0.25) is 0 Å². The molecule has 9 heteroatoms. The number of carboxylic acids is 4. The minimum Gasteiger partial charge on any atom is -0.481 e. The third kappa shape index (κ3) is 35.7. The monoisotopic (exact) mass is 394 g/mol. The summed E-state index contributed by atoms with van der Waals surface area (Å²) in [5, 5.41) is 33.2. The van der Waals surface area contributed by atoms with Crippen molar-refractivity contribution >= 4 is 23.9 Å². The van der Waals surface area contributed by atoms with Gasteiger partial charge in [-0.3, -0.25) is 19.2 Å². The van der Waals surface area contributed by atoms with Crippen LogP contribution in [0.4, 0.5) is 0 Å². The van der Waals surface area contributed by atoms with Crippen LogP contribution in [0.25, 0.3) is 0 Å². The number of rotatable bonds is 16. The normalized spacial score (nSPS) is 9.48. The molecule has 0 unspecified atom stereocenters. The number of aliphatic carboxylic acids is 4. The van der Waals surface area contributed by atoms with E-state index in [0.29, 0.717) is 25.7 Å². The van der Waals surface area contributed by atoms with Crippen LogP contribution in [0.1, 0.15) is 89.9 Å². The quantitative estimate of drug-likeness (QED) is 0.288. The molecule has 6 N–H and O–H groups in total. The van der Waals surface area contributed by atoms with Gasteiger partial charge in [-0.15, -0.1) is 0 Å². The molecular weight excluding hydrogens is 360 g/mol. The lowest BCUT2D eigenvalue weighted by Gasteiger charge is -1.97. The van der Waals surface area contributed by atoms with Crippen molar-refractivity contribution in [3.63, 3.8) is 0 Å². The van der Waals surface area contributed by atoms with E-state index in [0.717, 1.165) is 38.5 Å². The summed E-state index contributed by atoms with van der Waals surface area (Å²) >= 11 is 0. The molecule has 0 aliphatic heterocycles. The average molecular weight is 394 g/mol. The topological polar surface area (TPSA) is 181 Å². The number of hydrogen-bond acceptors (Lipinski definition) is 4. The largest absolute Gasteiger partial charge is 0.481 e. The Kier molecular flexibility index (Phi) is 24.0. The first kappa shape index (κ1) is 29.6. The molecule has 9 nitrogen and oxygen atoms in total. The van der Waals surface area contributed by atoms with Gasteiger partial charge in [-0.2, -0.15) is 0 Å². The van der Waals surface area contributed by atoms with Crippen molar-refractivity contribution in [2.75, 3.05) is 0 Å². The summed E-state index contributed by atoms with van der Waals surface area (Å²) < 4.78 is 0. The van der Waals surface area contributed by atoms with Crippen LogP contribution >= 0.6 is 0 Å². The number of carbonyl (C=O) groups is 4. The standard InChI is InChI=1S/2C9H16O4.H2O/c2*10-8(11)6-4-2-1-3-5-7-9(12)13;/h2*1-7H2,(H,10,11)(H,12,13);1H2. The molecule has 0 heterocycles. The van der Waals surface area contributed by atoms with E-state index in [1.54, 1.807) is 0 Å². The number of unbranched alkanes of at least 4 members (excludes halogenated alkanes) is 8. The highest BCUT2D eigenvalue weighted by atomic mass is 16.4. The van der Waals surface area contributed by atoms with Gasteiger partial charge in [0.25, 0.3) is 0 Å². The molecule has 0 spiro atoms. The second-order valence-electron chi connectivity index (χ2n) is 6.11. The molecule has 0 saturated heterocycles. The molecule has 0 rings (SSSR count). The molecule has 0 aliphatic carbocycles. The van der Waals surface area contributed by atoms with E-state index in [1.807, 2.05) is 0 Å². The molecule has 0 radical (unpaired) electrons. The summed E-state index contributed by atoms with van der Waals surface area (Å²) in [5.74, 6) is -3.04. The van der Waals surface area contributed by atoms with Crippen molar-refractivity contribution in [1.29, 1.82) is 0 Å². The van der Waals surface area contributed by atoms with E-state index >= 15 is 0 Å². The molecule has 0 atom stereocenters. The van der Waals surface area contributed by atoms with E-state index in [1.165, 1.54) is 0 Å². The van der Waals surface area contributed by atoms with Gasteiger partial charge in [-0.1, -0.05) is 38.5 Å². The van der Waals surface area contributed by atoms with Crippen LogP contribution in [0.3, 0.4) is 0 Å². The molecular formula is C18H34O9. The summed E-state index contributed by atoms with van der Waals surface area (Å²) in [6.07, 6.45) is 9.06. The molecule has 160 valence electrons. The van der Waals surface area contributed by atoms with Crippen LogP contribution < -0.4 is 0 Å². The lowest BCUT2D eigenvalue weighted by molar-refractivity contribution is -0.138.